The Morgan fingerprint density at radius 1 is 1.22 bits per heavy atom. The van der Waals surface area contributed by atoms with Crippen LogP contribution in [-0.4, -0.2) is 41.6 Å². The predicted octanol–water partition coefficient (Wildman–Crippen LogP) is 2.88. The summed E-state index contributed by atoms with van der Waals surface area (Å²) in [5.74, 6) is 0.570. The van der Waals surface area contributed by atoms with Crippen molar-refractivity contribution in [1.82, 2.24) is 15.1 Å². The van der Waals surface area contributed by atoms with Crippen molar-refractivity contribution < 1.29 is 4.74 Å². The van der Waals surface area contributed by atoms with E-state index < -0.39 is 0 Å². The maximum absolute atomic E-state index is 5.78. The lowest BCUT2D eigenvalue weighted by atomic mass is 9.87. The van der Waals surface area contributed by atoms with Gasteiger partial charge in [-0.3, -0.25) is 4.68 Å². The van der Waals surface area contributed by atoms with E-state index in [0.29, 0.717) is 24.0 Å². The van der Waals surface area contributed by atoms with Crippen LogP contribution in [-0.2, 0) is 4.74 Å². The SMILES string of the molecule is Cc1c(NC2CCOCC2C2CCCN2)cnn1C1CCCC1. The lowest BCUT2D eigenvalue weighted by Gasteiger charge is -2.36. The van der Waals surface area contributed by atoms with Gasteiger partial charge in [-0.15, -0.1) is 0 Å². The van der Waals surface area contributed by atoms with Crippen LogP contribution >= 0.6 is 0 Å². The maximum atomic E-state index is 5.78. The number of aromatic nitrogens is 2. The van der Waals surface area contributed by atoms with Crippen LogP contribution in [0.25, 0.3) is 0 Å². The Morgan fingerprint density at radius 3 is 2.87 bits per heavy atom. The maximum Gasteiger partial charge on any atom is 0.0758 e. The molecule has 4 rings (SSSR count). The minimum atomic E-state index is 0.499. The van der Waals surface area contributed by atoms with E-state index in [0.717, 1.165) is 26.2 Å². The minimum absolute atomic E-state index is 0.499. The molecule has 5 heteroatoms. The quantitative estimate of drug-likeness (QED) is 0.896. The van der Waals surface area contributed by atoms with Gasteiger partial charge in [0.05, 0.1) is 30.2 Å². The van der Waals surface area contributed by atoms with Gasteiger partial charge < -0.3 is 15.4 Å². The Kier molecular flexibility index (Phi) is 4.58. The van der Waals surface area contributed by atoms with Crippen LogP contribution in [0.2, 0.25) is 0 Å². The Balaban J connectivity index is 1.47. The highest BCUT2D eigenvalue weighted by Crippen LogP contribution is 2.33. The first-order chi connectivity index (χ1) is 11.3. The Bertz CT molecular complexity index is 517. The van der Waals surface area contributed by atoms with Gasteiger partial charge in [-0.05, 0) is 45.6 Å². The van der Waals surface area contributed by atoms with Crippen molar-refractivity contribution in [3.05, 3.63) is 11.9 Å². The third-order valence-electron chi connectivity index (χ3n) is 6.07. The van der Waals surface area contributed by atoms with Gasteiger partial charge in [-0.1, -0.05) is 12.8 Å². The van der Waals surface area contributed by atoms with Crippen LogP contribution in [0, 0.1) is 12.8 Å². The fraction of sp³-hybridized carbons (Fsp3) is 0.833. The average Bonchev–Trinajstić information content (AvgIpc) is 3.31. The summed E-state index contributed by atoms with van der Waals surface area (Å²) in [5.41, 5.74) is 2.54. The molecule has 0 radical (unpaired) electrons. The summed E-state index contributed by atoms with van der Waals surface area (Å²) in [7, 11) is 0. The molecule has 3 unspecified atom stereocenters. The first-order valence-electron chi connectivity index (χ1n) is 9.44. The van der Waals surface area contributed by atoms with Crippen LogP contribution in [0.15, 0.2) is 6.20 Å². The fourth-order valence-electron chi connectivity index (χ4n) is 4.69. The second-order valence-corrected chi connectivity index (χ2v) is 7.51. The average molecular weight is 318 g/mol. The molecule has 2 saturated heterocycles. The molecule has 3 fully saturated rings. The number of nitrogens with one attached hydrogen (secondary N) is 2. The van der Waals surface area contributed by atoms with E-state index in [2.05, 4.69) is 22.2 Å². The van der Waals surface area contributed by atoms with Crippen LogP contribution in [0.3, 0.4) is 0 Å². The first kappa shape index (κ1) is 15.5. The number of hydrogen-bond acceptors (Lipinski definition) is 4. The molecule has 3 atom stereocenters. The molecule has 3 aliphatic rings. The second kappa shape index (κ2) is 6.81. The predicted molar refractivity (Wildman–Crippen MR) is 91.8 cm³/mol. The molecule has 0 aromatic carbocycles. The molecule has 3 heterocycles. The van der Waals surface area contributed by atoms with E-state index in [-0.39, 0.29) is 0 Å². The summed E-state index contributed by atoms with van der Waals surface area (Å²) < 4.78 is 8.04. The smallest absolute Gasteiger partial charge is 0.0758 e. The van der Waals surface area contributed by atoms with Gasteiger partial charge in [-0.2, -0.15) is 5.10 Å². The number of hydrogen-bond donors (Lipinski definition) is 2. The van der Waals surface area contributed by atoms with Crippen molar-refractivity contribution in [2.24, 2.45) is 5.92 Å². The summed E-state index contributed by atoms with van der Waals surface area (Å²) >= 11 is 0. The van der Waals surface area contributed by atoms with Crippen LogP contribution in [0.4, 0.5) is 5.69 Å². The molecule has 1 aliphatic carbocycles. The molecule has 0 bridgehead atoms. The molecule has 1 aromatic rings. The van der Waals surface area contributed by atoms with Crippen LogP contribution in [0.5, 0.6) is 0 Å². The first-order valence-corrected chi connectivity index (χ1v) is 9.44. The highest BCUT2D eigenvalue weighted by Gasteiger charge is 2.34. The highest BCUT2D eigenvalue weighted by molar-refractivity contribution is 5.47. The summed E-state index contributed by atoms with van der Waals surface area (Å²) in [4.78, 5) is 0. The molecule has 1 saturated carbocycles. The van der Waals surface area contributed by atoms with Crippen molar-refractivity contribution in [3.63, 3.8) is 0 Å². The van der Waals surface area contributed by atoms with E-state index in [1.807, 2.05) is 6.20 Å². The van der Waals surface area contributed by atoms with E-state index in [4.69, 9.17) is 9.84 Å². The van der Waals surface area contributed by atoms with Gasteiger partial charge >= 0.3 is 0 Å². The fourth-order valence-corrected chi connectivity index (χ4v) is 4.69. The standard InChI is InChI=1S/C18H30N4O/c1-13-18(11-20-22(13)14-5-2-3-6-14)21-17-8-10-23-12-15(17)16-7-4-9-19-16/h11,14-17,19,21H,2-10,12H2,1H3. The second-order valence-electron chi connectivity index (χ2n) is 7.51. The Hall–Kier alpha value is -1.07. The third kappa shape index (κ3) is 3.13. The summed E-state index contributed by atoms with van der Waals surface area (Å²) in [6.45, 7) is 5.13. The molecular weight excluding hydrogens is 288 g/mol. The lowest BCUT2D eigenvalue weighted by molar-refractivity contribution is 0.0340. The van der Waals surface area contributed by atoms with Crippen molar-refractivity contribution in [2.75, 3.05) is 25.1 Å². The molecular formula is C18H30N4O. The molecule has 1 aromatic heterocycles. The van der Waals surface area contributed by atoms with Crippen molar-refractivity contribution in [2.45, 2.75) is 70.0 Å². The zero-order chi connectivity index (χ0) is 15.6. The van der Waals surface area contributed by atoms with Crippen molar-refractivity contribution in [3.8, 4) is 0 Å². The highest BCUT2D eigenvalue weighted by atomic mass is 16.5. The monoisotopic (exact) mass is 318 g/mol. The molecule has 0 amide bonds. The molecule has 23 heavy (non-hydrogen) atoms. The minimum Gasteiger partial charge on any atom is -0.381 e. The Morgan fingerprint density at radius 2 is 2.09 bits per heavy atom. The van der Waals surface area contributed by atoms with E-state index in [9.17, 15) is 0 Å². The molecule has 0 spiro atoms. The van der Waals surface area contributed by atoms with Gasteiger partial charge in [-0.25, -0.2) is 0 Å². The molecule has 128 valence electrons. The van der Waals surface area contributed by atoms with E-state index in [1.165, 1.54) is 49.9 Å². The van der Waals surface area contributed by atoms with Gasteiger partial charge in [0, 0.05) is 24.6 Å². The Labute approximate surface area is 139 Å². The summed E-state index contributed by atoms with van der Waals surface area (Å²) in [6, 6.07) is 1.73. The number of ether oxygens (including phenoxy) is 1. The number of anilines is 1. The topological polar surface area (TPSA) is 51.1 Å². The largest absolute Gasteiger partial charge is 0.381 e. The van der Waals surface area contributed by atoms with Crippen molar-refractivity contribution in [1.29, 1.82) is 0 Å². The van der Waals surface area contributed by atoms with Crippen molar-refractivity contribution >= 4 is 5.69 Å². The van der Waals surface area contributed by atoms with Gasteiger partial charge in [0.2, 0.25) is 0 Å². The molecule has 2 aliphatic heterocycles. The van der Waals surface area contributed by atoms with E-state index >= 15 is 0 Å². The summed E-state index contributed by atoms with van der Waals surface area (Å²) in [5, 5.41) is 12.2. The molecule has 2 N–H and O–H groups in total. The lowest BCUT2D eigenvalue weighted by Crippen LogP contribution is -2.47. The zero-order valence-corrected chi connectivity index (χ0v) is 14.3. The number of rotatable bonds is 4. The van der Waals surface area contributed by atoms with Gasteiger partial charge in [0.15, 0.2) is 0 Å². The normalized spacial score (nSPS) is 32.5. The van der Waals surface area contributed by atoms with Crippen LogP contribution in [0.1, 0.15) is 56.7 Å². The molecule has 5 nitrogen and oxygen atoms in total. The van der Waals surface area contributed by atoms with Gasteiger partial charge in [0.25, 0.3) is 0 Å². The zero-order valence-electron chi connectivity index (χ0n) is 14.3. The third-order valence-corrected chi connectivity index (χ3v) is 6.07. The van der Waals surface area contributed by atoms with Crippen LogP contribution < -0.4 is 10.6 Å². The number of nitrogens with zero attached hydrogens (tertiary/aromatic N) is 2. The summed E-state index contributed by atoms with van der Waals surface area (Å²) in [6.07, 6.45) is 11.0. The van der Waals surface area contributed by atoms with Gasteiger partial charge in [0.1, 0.15) is 0 Å². The van der Waals surface area contributed by atoms with E-state index in [1.54, 1.807) is 0 Å².